The van der Waals surface area contributed by atoms with Crippen LogP contribution in [0, 0.1) is 6.92 Å². The number of phenolic OH excluding ortho intramolecular Hbond substituents is 1. The second-order valence-corrected chi connectivity index (χ2v) is 3.72. The number of rotatable bonds is 1. The molecule has 0 atom stereocenters. The van der Waals surface area contributed by atoms with Crippen LogP contribution in [-0.4, -0.2) is 10.8 Å². The summed E-state index contributed by atoms with van der Waals surface area (Å²) in [5.74, 6) is 5.09. The first-order valence-electron chi connectivity index (χ1n) is 3.91. The lowest BCUT2D eigenvalue weighted by molar-refractivity contribution is 0.474. The van der Waals surface area contributed by atoms with Crippen molar-refractivity contribution in [1.82, 2.24) is 0 Å². The summed E-state index contributed by atoms with van der Waals surface area (Å²) in [7, 11) is 0. The van der Waals surface area contributed by atoms with Gasteiger partial charge in [-0.3, -0.25) is 0 Å². The number of nitrogens with zero attached hydrogens (tertiary/aromatic N) is 1. The Morgan fingerprint density at radius 1 is 1.43 bits per heavy atom. The third kappa shape index (κ3) is 1.79. The van der Waals surface area contributed by atoms with Crippen molar-refractivity contribution >= 4 is 28.9 Å². The molecule has 76 valence electrons. The van der Waals surface area contributed by atoms with Gasteiger partial charge in [-0.05, 0) is 25.5 Å². The summed E-state index contributed by atoms with van der Waals surface area (Å²) in [6, 6.07) is 1.49. The van der Waals surface area contributed by atoms with E-state index in [0.717, 1.165) is 0 Å². The molecule has 0 aliphatic heterocycles. The molecule has 1 rings (SSSR count). The van der Waals surface area contributed by atoms with Crippen LogP contribution in [0.1, 0.15) is 18.1 Å². The quantitative estimate of drug-likeness (QED) is 0.445. The first kappa shape index (κ1) is 11.1. The minimum Gasteiger partial charge on any atom is -0.506 e. The van der Waals surface area contributed by atoms with E-state index < -0.39 is 0 Å². The molecule has 5 heteroatoms. The van der Waals surface area contributed by atoms with Crippen LogP contribution in [0.5, 0.6) is 5.75 Å². The van der Waals surface area contributed by atoms with E-state index in [0.29, 0.717) is 21.9 Å². The van der Waals surface area contributed by atoms with Gasteiger partial charge in [0, 0.05) is 10.6 Å². The average Bonchev–Trinajstić information content (AvgIpc) is 2.15. The second kappa shape index (κ2) is 4.07. The number of hydrogen-bond acceptors (Lipinski definition) is 3. The number of halogens is 2. The van der Waals surface area contributed by atoms with Gasteiger partial charge in [0.2, 0.25) is 0 Å². The van der Waals surface area contributed by atoms with E-state index in [1.165, 1.54) is 6.07 Å². The molecule has 0 spiro atoms. The van der Waals surface area contributed by atoms with Crippen LogP contribution in [0.2, 0.25) is 10.0 Å². The van der Waals surface area contributed by atoms with E-state index >= 15 is 0 Å². The van der Waals surface area contributed by atoms with Crippen LogP contribution in [0.25, 0.3) is 0 Å². The first-order chi connectivity index (χ1) is 6.49. The highest BCUT2D eigenvalue weighted by Crippen LogP contribution is 2.35. The Kier molecular flexibility index (Phi) is 3.24. The molecule has 1 aromatic rings. The van der Waals surface area contributed by atoms with Gasteiger partial charge in [0.1, 0.15) is 5.75 Å². The lowest BCUT2D eigenvalue weighted by Gasteiger charge is -2.10. The van der Waals surface area contributed by atoms with E-state index in [1.54, 1.807) is 13.8 Å². The lowest BCUT2D eigenvalue weighted by atomic mass is 10.0. The molecule has 0 saturated carbocycles. The second-order valence-electron chi connectivity index (χ2n) is 2.90. The molecule has 0 radical (unpaired) electrons. The zero-order valence-electron chi connectivity index (χ0n) is 7.81. The van der Waals surface area contributed by atoms with E-state index in [4.69, 9.17) is 29.0 Å². The molecule has 0 bridgehead atoms. The molecular formula is C9H10Cl2N2O. The fraction of sp³-hybridized carbons (Fsp3) is 0.222. The largest absolute Gasteiger partial charge is 0.506 e. The molecule has 0 heterocycles. The highest BCUT2D eigenvalue weighted by molar-refractivity contribution is 6.37. The number of hydrazone groups is 1. The maximum atomic E-state index is 9.68. The zero-order valence-corrected chi connectivity index (χ0v) is 9.32. The third-order valence-electron chi connectivity index (χ3n) is 2.01. The molecule has 0 aliphatic rings. The zero-order chi connectivity index (χ0) is 10.9. The van der Waals surface area contributed by atoms with Crippen molar-refractivity contribution in [1.29, 1.82) is 0 Å². The number of hydrogen-bond donors (Lipinski definition) is 2. The van der Waals surface area contributed by atoms with E-state index in [2.05, 4.69) is 5.10 Å². The minimum absolute atomic E-state index is 0.0414. The Hall–Kier alpha value is -0.930. The standard InChI is InChI=1S/C9H10Cl2N2O/c1-4-6(10)3-7(11)9(14)8(4)5(2)13-12/h3,14H,12H2,1-2H3. The fourth-order valence-electron chi connectivity index (χ4n) is 1.21. The maximum Gasteiger partial charge on any atom is 0.143 e. The van der Waals surface area contributed by atoms with Crippen molar-refractivity contribution in [2.75, 3.05) is 0 Å². The van der Waals surface area contributed by atoms with Crippen molar-refractivity contribution in [3.8, 4) is 5.75 Å². The number of nitrogens with two attached hydrogens (primary N) is 1. The third-order valence-corrected chi connectivity index (χ3v) is 2.69. The Morgan fingerprint density at radius 3 is 2.50 bits per heavy atom. The molecule has 14 heavy (non-hydrogen) atoms. The fourth-order valence-corrected chi connectivity index (χ4v) is 1.67. The van der Waals surface area contributed by atoms with Gasteiger partial charge in [0.25, 0.3) is 0 Å². The summed E-state index contributed by atoms with van der Waals surface area (Å²) in [5, 5.41) is 13.9. The summed E-state index contributed by atoms with van der Waals surface area (Å²) < 4.78 is 0. The molecular weight excluding hydrogens is 223 g/mol. The molecule has 0 unspecified atom stereocenters. The summed E-state index contributed by atoms with van der Waals surface area (Å²) in [5.41, 5.74) is 1.69. The van der Waals surface area contributed by atoms with Crippen molar-refractivity contribution in [3.63, 3.8) is 0 Å². The van der Waals surface area contributed by atoms with Crippen LogP contribution in [0.3, 0.4) is 0 Å². The Labute approximate surface area is 92.1 Å². The smallest absolute Gasteiger partial charge is 0.143 e. The molecule has 3 nitrogen and oxygen atoms in total. The predicted octanol–water partition coefficient (Wildman–Crippen LogP) is 2.69. The molecule has 0 fully saturated rings. The van der Waals surface area contributed by atoms with Crippen molar-refractivity contribution in [2.24, 2.45) is 10.9 Å². The van der Waals surface area contributed by atoms with Gasteiger partial charge in [-0.15, -0.1) is 0 Å². The number of phenols is 1. The van der Waals surface area contributed by atoms with Crippen LogP contribution >= 0.6 is 23.2 Å². The molecule has 0 saturated heterocycles. The van der Waals surface area contributed by atoms with E-state index in [9.17, 15) is 5.11 Å². The van der Waals surface area contributed by atoms with Crippen molar-refractivity contribution in [2.45, 2.75) is 13.8 Å². The molecule has 1 aromatic carbocycles. The van der Waals surface area contributed by atoms with Crippen LogP contribution in [0.15, 0.2) is 11.2 Å². The summed E-state index contributed by atoms with van der Waals surface area (Å²) in [4.78, 5) is 0. The molecule has 3 N–H and O–H groups in total. The van der Waals surface area contributed by atoms with E-state index in [1.807, 2.05) is 0 Å². The average molecular weight is 233 g/mol. The molecule has 0 aromatic heterocycles. The Balaban J connectivity index is 3.55. The summed E-state index contributed by atoms with van der Waals surface area (Å²) >= 11 is 11.7. The SMILES string of the molecule is CC(=NN)c1c(C)c(Cl)cc(Cl)c1O. The summed E-state index contributed by atoms with van der Waals surface area (Å²) in [6.07, 6.45) is 0. The van der Waals surface area contributed by atoms with Crippen molar-refractivity contribution in [3.05, 3.63) is 27.2 Å². The van der Waals surface area contributed by atoms with Gasteiger partial charge in [0.15, 0.2) is 0 Å². The topological polar surface area (TPSA) is 58.6 Å². The van der Waals surface area contributed by atoms with Gasteiger partial charge in [-0.1, -0.05) is 23.2 Å². The van der Waals surface area contributed by atoms with Crippen molar-refractivity contribution < 1.29 is 5.11 Å². The van der Waals surface area contributed by atoms with Gasteiger partial charge in [0.05, 0.1) is 10.7 Å². The van der Waals surface area contributed by atoms with Crippen LogP contribution in [-0.2, 0) is 0 Å². The lowest BCUT2D eigenvalue weighted by Crippen LogP contribution is -2.02. The Bertz CT molecular complexity index is 376. The van der Waals surface area contributed by atoms with Gasteiger partial charge >= 0.3 is 0 Å². The molecule has 0 amide bonds. The van der Waals surface area contributed by atoms with Gasteiger partial charge in [-0.25, -0.2) is 0 Å². The van der Waals surface area contributed by atoms with Crippen LogP contribution in [0.4, 0.5) is 0 Å². The predicted molar refractivity (Wildman–Crippen MR) is 59.3 cm³/mol. The van der Waals surface area contributed by atoms with Gasteiger partial charge in [-0.2, -0.15) is 5.10 Å². The summed E-state index contributed by atoms with van der Waals surface area (Å²) in [6.45, 7) is 3.44. The minimum atomic E-state index is -0.0414. The molecule has 0 aliphatic carbocycles. The van der Waals surface area contributed by atoms with Gasteiger partial charge < -0.3 is 10.9 Å². The van der Waals surface area contributed by atoms with E-state index in [-0.39, 0.29) is 10.8 Å². The normalized spacial score (nSPS) is 11.9. The maximum absolute atomic E-state index is 9.68. The highest BCUT2D eigenvalue weighted by Gasteiger charge is 2.14. The first-order valence-corrected chi connectivity index (χ1v) is 4.67. The number of aromatic hydroxyl groups is 1. The number of benzene rings is 1. The highest BCUT2D eigenvalue weighted by atomic mass is 35.5. The van der Waals surface area contributed by atoms with Crippen LogP contribution < -0.4 is 5.84 Å². The monoisotopic (exact) mass is 232 g/mol. The Morgan fingerprint density at radius 2 is 2.00 bits per heavy atom.